The van der Waals surface area contributed by atoms with Crippen LogP contribution in [0.5, 0.6) is 0 Å². The quantitative estimate of drug-likeness (QED) is 0.914. The topological polar surface area (TPSA) is 45.2 Å². The van der Waals surface area contributed by atoms with Crippen molar-refractivity contribution in [3.8, 4) is 11.3 Å². The molecule has 110 valence electrons. The molecule has 0 saturated carbocycles. The first-order chi connectivity index (χ1) is 10.3. The smallest absolute Gasteiger partial charge is 0.227 e. The van der Waals surface area contributed by atoms with Crippen molar-refractivity contribution in [2.75, 3.05) is 23.3 Å². The van der Waals surface area contributed by atoms with Crippen LogP contribution in [0.2, 0.25) is 0 Å². The summed E-state index contributed by atoms with van der Waals surface area (Å²) in [7, 11) is 0. The van der Waals surface area contributed by atoms with E-state index >= 15 is 0 Å². The predicted molar refractivity (Wildman–Crippen MR) is 87.9 cm³/mol. The summed E-state index contributed by atoms with van der Waals surface area (Å²) in [6, 6.07) is 8.09. The van der Waals surface area contributed by atoms with E-state index in [9.17, 15) is 4.79 Å². The van der Waals surface area contributed by atoms with Crippen LogP contribution in [0.15, 0.2) is 29.6 Å². The summed E-state index contributed by atoms with van der Waals surface area (Å²) in [5.74, 6) is 0.218. The SMILES string of the molecule is CCCNc1nc(-c2cccc(N3CCCC3=O)c2)cs1. The second-order valence-electron chi connectivity index (χ2n) is 5.16. The third-order valence-electron chi connectivity index (χ3n) is 3.56. The number of rotatable bonds is 5. The van der Waals surface area contributed by atoms with E-state index in [1.54, 1.807) is 11.3 Å². The molecule has 1 N–H and O–H groups in total. The van der Waals surface area contributed by atoms with E-state index < -0.39 is 0 Å². The average Bonchev–Trinajstić information content (AvgIpc) is 3.14. The van der Waals surface area contributed by atoms with Crippen molar-refractivity contribution in [1.82, 2.24) is 4.98 Å². The number of hydrogen-bond donors (Lipinski definition) is 1. The molecule has 1 aliphatic rings. The Kier molecular flexibility index (Phi) is 4.20. The van der Waals surface area contributed by atoms with Gasteiger partial charge < -0.3 is 10.2 Å². The number of thiazole rings is 1. The summed E-state index contributed by atoms with van der Waals surface area (Å²) in [5, 5.41) is 6.32. The number of carbonyl (C=O) groups is 1. The molecule has 0 aliphatic carbocycles. The molecule has 1 saturated heterocycles. The van der Waals surface area contributed by atoms with Gasteiger partial charge in [0.15, 0.2) is 5.13 Å². The van der Waals surface area contributed by atoms with Gasteiger partial charge in [-0.15, -0.1) is 11.3 Å². The van der Waals surface area contributed by atoms with Gasteiger partial charge in [0, 0.05) is 36.1 Å². The van der Waals surface area contributed by atoms with E-state index in [0.29, 0.717) is 6.42 Å². The first kappa shape index (κ1) is 14.1. The highest BCUT2D eigenvalue weighted by atomic mass is 32.1. The van der Waals surface area contributed by atoms with Crippen molar-refractivity contribution in [2.24, 2.45) is 0 Å². The zero-order chi connectivity index (χ0) is 14.7. The maximum absolute atomic E-state index is 11.8. The lowest BCUT2D eigenvalue weighted by Crippen LogP contribution is -2.23. The second-order valence-corrected chi connectivity index (χ2v) is 6.02. The largest absolute Gasteiger partial charge is 0.362 e. The van der Waals surface area contributed by atoms with E-state index in [2.05, 4.69) is 28.7 Å². The Bertz CT molecular complexity index is 638. The molecule has 21 heavy (non-hydrogen) atoms. The van der Waals surface area contributed by atoms with Crippen molar-refractivity contribution < 1.29 is 4.79 Å². The molecule has 0 atom stereocenters. The summed E-state index contributed by atoms with van der Waals surface area (Å²) in [4.78, 5) is 18.3. The lowest BCUT2D eigenvalue weighted by molar-refractivity contribution is -0.117. The molecule has 0 unspecified atom stereocenters. The van der Waals surface area contributed by atoms with Crippen molar-refractivity contribution >= 4 is 28.1 Å². The van der Waals surface area contributed by atoms with Gasteiger partial charge in [0.25, 0.3) is 0 Å². The maximum Gasteiger partial charge on any atom is 0.227 e. The van der Waals surface area contributed by atoms with Gasteiger partial charge in [-0.3, -0.25) is 4.79 Å². The Morgan fingerprint density at radius 3 is 3.10 bits per heavy atom. The number of nitrogens with one attached hydrogen (secondary N) is 1. The normalized spacial score (nSPS) is 14.7. The van der Waals surface area contributed by atoms with Crippen LogP contribution in [0.25, 0.3) is 11.3 Å². The van der Waals surface area contributed by atoms with Gasteiger partial charge in [-0.25, -0.2) is 4.98 Å². The molecule has 1 aromatic heterocycles. The molecular weight excluding hydrogens is 282 g/mol. The van der Waals surface area contributed by atoms with Crippen LogP contribution in [-0.4, -0.2) is 24.0 Å². The Morgan fingerprint density at radius 2 is 2.33 bits per heavy atom. The molecule has 3 rings (SSSR count). The number of carbonyl (C=O) groups excluding carboxylic acids is 1. The highest BCUT2D eigenvalue weighted by Crippen LogP contribution is 2.29. The van der Waals surface area contributed by atoms with Crippen LogP contribution in [0, 0.1) is 0 Å². The van der Waals surface area contributed by atoms with Crippen LogP contribution in [0.1, 0.15) is 26.2 Å². The number of anilines is 2. The molecule has 0 radical (unpaired) electrons. The van der Waals surface area contributed by atoms with E-state index in [-0.39, 0.29) is 5.91 Å². The standard InChI is InChI=1S/C16H19N3OS/c1-2-8-17-16-18-14(11-21-16)12-5-3-6-13(10-12)19-9-4-7-15(19)20/h3,5-6,10-11H,2,4,7-9H2,1H3,(H,17,18). The fourth-order valence-electron chi connectivity index (χ4n) is 2.47. The lowest BCUT2D eigenvalue weighted by atomic mass is 10.1. The van der Waals surface area contributed by atoms with Crippen molar-refractivity contribution in [3.63, 3.8) is 0 Å². The third-order valence-corrected chi connectivity index (χ3v) is 4.36. The van der Waals surface area contributed by atoms with Crippen LogP contribution in [0.3, 0.4) is 0 Å². The van der Waals surface area contributed by atoms with E-state index in [1.165, 1.54) is 0 Å². The lowest BCUT2D eigenvalue weighted by Gasteiger charge is -2.16. The summed E-state index contributed by atoms with van der Waals surface area (Å²) in [6.45, 7) is 3.90. The number of benzene rings is 1. The first-order valence-electron chi connectivity index (χ1n) is 7.38. The zero-order valence-corrected chi connectivity index (χ0v) is 12.9. The molecule has 4 nitrogen and oxygen atoms in total. The Hall–Kier alpha value is -1.88. The minimum Gasteiger partial charge on any atom is -0.362 e. The molecule has 1 aromatic carbocycles. The van der Waals surface area contributed by atoms with E-state index in [0.717, 1.165) is 48.0 Å². The number of amides is 1. The Balaban J connectivity index is 1.82. The van der Waals surface area contributed by atoms with Crippen molar-refractivity contribution in [3.05, 3.63) is 29.6 Å². The molecule has 2 heterocycles. The van der Waals surface area contributed by atoms with Crippen LogP contribution in [0.4, 0.5) is 10.8 Å². The fourth-order valence-corrected chi connectivity index (χ4v) is 3.22. The minimum absolute atomic E-state index is 0.218. The molecule has 1 amide bonds. The van der Waals surface area contributed by atoms with Gasteiger partial charge in [-0.1, -0.05) is 19.1 Å². The zero-order valence-electron chi connectivity index (χ0n) is 12.1. The maximum atomic E-state index is 11.8. The summed E-state index contributed by atoms with van der Waals surface area (Å²) in [5.41, 5.74) is 3.01. The number of nitrogens with zero attached hydrogens (tertiary/aromatic N) is 2. The van der Waals surface area contributed by atoms with Gasteiger partial charge in [-0.2, -0.15) is 0 Å². The molecule has 2 aromatic rings. The molecule has 5 heteroatoms. The first-order valence-corrected chi connectivity index (χ1v) is 8.26. The summed E-state index contributed by atoms with van der Waals surface area (Å²) >= 11 is 1.62. The van der Waals surface area contributed by atoms with Crippen molar-refractivity contribution in [1.29, 1.82) is 0 Å². The van der Waals surface area contributed by atoms with Gasteiger partial charge in [0.1, 0.15) is 0 Å². The number of aromatic nitrogens is 1. The summed E-state index contributed by atoms with van der Waals surface area (Å²) < 4.78 is 0. The fraction of sp³-hybridized carbons (Fsp3) is 0.375. The van der Waals surface area contributed by atoms with E-state index in [1.807, 2.05) is 23.1 Å². The number of hydrogen-bond acceptors (Lipinski definition) is 4. The van der Waals surface area contributed by atoms with Crippen LogP contribution in [-0.2, 0) is 4.79 Å². The second kappa shape index (κ2) is 6.26. The Morgan fingerprint density at radius 1 is 1.43 bits per heavy atom. The Labute approximate surface area is 128 Å². The van der Waals surface area contributed by atoms with Crippen LogP contribution < -0.4 is 10.2 Å². The van der Waals surface area contributed by atoms with Gasteiger partial charge in [0.05, 0.1) is 5.69 Å². The van der Waals surface area contributed by atoms with Crippen molar-refractivity contribution in [2.45, 2.75) is 26.2 Å². The molecule has 0 bridgehead atoms. The minimum atomic E-state index is 0.218. The average molecular weight is 301 g/mol. The molecule has 1 aliphatic heterocycles. The third kappa shape index (κ3) is 3.08. The molecule has 0 spiro atoms. The van der Waals surface area contributed by atoms with Crippen LogP contribution >= 0.6 is 11.3 Å². The van der Waals surface area contributed by atoms with E-state index in [4.69, 9.17) is 0 Å². The molecular formula is C16H19N3OS. The van der Waals surface area contributed by atoms with Gasteiger partial charge in [-0.05, 0) is 25.0 Å². The molecule has 1 fully saturated rings. The van der Waals surface area contributed by atoms with Gasteiger partial charge >= 0.3 is 0 Å². The highest BCUT2D eigenvalue weighted by Gasteiger charge is 2.21. The summed E-state index contributed by atoms with van der Waals surface area (Å²) in [6.07, 6.45) is 2.69. The van der Waals surface area contributed by atoms with Gasteiger partial charge in [0.2, 0.25) is 5.91 Å². The highest BCUT2D eigenvalue weighted by molar-refractivity contribution is 7.14. The predicted octanol–water partition coefficient (Wildman–Crippen LogP) is 3.76. The monoisotopic (exact) mass is 301 g/mol.